The minimum atomic E-state index is -0.632. The monoisotopic (exact) mass is 287 g/mol. The van der Waals surface area contributed by atoms with Gasteiger partial charge in [-0.3, -0.25) is 0 Å². The Labute approximate surface area is 126 Å². The van der Waals surface area contributed by atoms with Crippen LogP contribution in [0.3, 0.4) is 0 Å². The molecular formula is C17H25N3O. The van der Waals surface area contributed by atoms with Gasteiger partial charge >= 0.3 is 6.03 Å². The molecule has 0 spiro atoms. The molecule has 0 bridgehead atoms. The second-order valence-electron chi connectivity index (χ2n) is 6.08. The Hall–Kier alpha value is -1.84. The van der Waals surface area contributed by atoms with Crippen molar-refractivity contribution in [3.63, 3.8) is 0 Å². The van der Waals surface area contributed by atoms with Gasteiger partial charge in [-0.25, -0.2) is 10.2 Å². The zero-order valence-corrected chi connectivity index (χ0v) is 12.9. The molecule has 114 valence electrons. The van der Waals surface area contributed by atoms with E-state index in [4.69, 9.17) is 5.73 Å². The summed E-state index contributed by atoms with van der Waals surface area (Å²) in [4.78, 5) is 10.8. The first-order valence-electron chi connectivity index (χ1n) is 7.81. The summed E-state index contributed by atoms with van der Waals surface area (Å²) in [7, 11) is 0. The van der Waals surface area contributed by atoms with Crippen LogP contribution in [0.1, 0.15) is 63.0 Å². The fourth-order valence-electron chi connectivity index (χ4n) is 3.00. The van der Waals surface area contributed by atoms with Crippen LogP contribution in [-0.2, 0) is 0 Å². The van der Waals surface area contributed by atoms with Crippen molar-refractivity contribution in [3.8, 4) is 0 Å². The van der Waals surface area contributed by atoms with Crippen molar-refractivity contribution < 1.29 is 4.79 Å². The van der Waals surface area contributed by atoms with E-state index in [1.165, 1.54) is 37.7 Å². The number of hydrogen-bond donors (Lipinski definition) is 2. The molecule has 1 aromatic rings. The molecule has 1 fully saturated rings. The number of primary amides is 1. The van der Waals surface area contributed by atoms with Crippen LogP contribution in [0.5, 0.6) is 0 Å². The lowest BCUT2D eigenvalue weighted by Crippen LogP contribution is -2.27. The van der Waals surface area contributed by atoms with Gasteiger partial charge in [0, 0.05) is 0 Å². The van der Waals surface area contributed by atoms with E-state index in [2.05, 4.69) is 48.6 Å². The third kappa shape index (κ3) is 4.31. The molecule has 1 aliphatic rings. The first-order chi connectivity index (χ1) is 10.1. The summed E-state index contributed by atoms with van der Waals surface area (Å²) >= 11 is 0. The van der Waals surface area contributed by atoms with Crippen LogP contribution in [0.25, 0.3) is 0 Å². The molecule has 2 rings (SSSR count). The van der Waals surface area contributed by atoms with Crippen LogP contribution in [0.15, 0.2) is 29.4 Å². The Morgan fingerprint density at radius 3 is 2.33 bits per heavy atom. The van der Waals surface area contributed by atoms with Gasteiger partial charge in [-0.05, 0) is 35.8 Å². The van der Waals surface area contributed by atoms with Crippen LogP contribution in [0.4, 0.5) is 4.79 Å². The quantitative estimate of drug-likeness (QED) is 0.642. The van der Waals surface area contributed by atoms with E-state index < -0.39 is 6.03 Å². The average Bonchev–Trinajstić information content (AvgIpc) is 2.48. The number of carbonyl (C=O) groups excluding carboxylic acids is 1. The van der Waals surface area contributed by atoms with Gasteiger partial charge in [0.2, 0.25) is 0 Å². The number of hydrogen-bond acceptors (Lipinski definition) is 2. The summed E-state index contributed by atoms with van der Waals surface area (Å²) in [6.07, 6.45) is 6.65. The third-order valence-corrected chi connectivity index (χ3v) is 4.12. The molecule has 4 heteroatoms. The van der Waals surface area contributed by atoms with E-state index in [1.807, 2.05) is 0 Å². The van der Waals surface area contributed by atoms with E-state index in [1.54, 1.807) is 0 Å². The lowest BCUT2D eigenvalue weighted by atomic mass is 9.83. The van der Waals surface area contributed by atoms with Crippen LogP contribution in [-0.4, -0.2) is 11.7 Å². The predicted octanol–water partition coefficient (Wildman–Crippen LogP) is 3.76. The highest BCUT2D eigenvalue weighted by atomic mass is 16.2. The van der Waals surface area contributed by atoms with Crippen LogP contribution in [0.2, 0.25) is 0 Å². The normalized spacial score (nSPS) is 17.0. The molecule has 21 heavy (non-hydrogen) atoms. The smallest absolute Gasteiger partial charge is 0.332 e. The molecule has 0 aromatic heterocycles. The van der Waals surface area contributed by atoms with Crippen molar-refractivity contribution in [3.05, 3.63) is 35.4 Å². The zero-order valence-electron chi connectivity index (χ0n) is 12.9. The standard InChI is InChI=1S/C17H25N3O/c1-12(2)16(19-20-17(18)21)15-10-8-14(9-11-15)13-6-4-3-5-7-13/h8-13H,3-7H2,1-2H3,(H3,18,20,21)/b19-16+. The van der Waals surface area contributed by atoms with E-state index in [-0.39, 0.29) is 5.92 Å². The van der Waals surface area contributed by atoms with Crippen molar-refractivity contribution in [1.82, 2.24) is 5.43 Å². The second-order valence-corrected chi connectivity index (χ2v) is 6.08. The molecule has 1 aliphatic carbocycles. The van der Waals surface area contributed by atoms with Crippen molar-refractivity contribution in [2.24, 2.45) is 16.8 Å². The van der Waals surface area contributed by atoms with Gasteiger partial charge in [-0.2, -0.15) is 5.10 Å². The number of carbonyl (C=O) groups is 1. The summed E-state index contributed by atoms with van der Waals surface area (Å²) in [6.45, 7) is 4.10. The molecule has 0 saturated heterocycles. The molecule has 0 radical (unpaired) electrons. The Kier molecular flexibility index (Phi) is 5.37. The fraction of sp³-hybridized carbons (Fsp3) is 0.529. The van der Waals surface area contributed by atoms with Crippen molar-refractivity contribution in [2.45, 2.75) is 51.9 Å². The van der Waals surface area contributed by atoms with Gasteiger partial charge in [-0.15, -0.1) is 0 Å². The Morgan fingerprint density at radius 1 is 1.19 bits per heavy atom. The molecular weight excluding hydrogens is 262 g/mol. The molecule has 0 atom stereocenters. The summed E-state index contributed by atoms with van der Waals surface area (Å²) < 4.78 is 0. The minimum Gasteiger partial charge on any atom is -0.350 e. The van der Waals surface area contributed by atoms with Gasteiger partial charge < -0.3 is 5.73 Å². The number of amides is 2. The van der Waals surface area contributed by atoms with Crippen molar-refractivity contribution >= 4 is 11.7 Å². The van der Waals surface area contributed by atoms with Gasteiger partial charge in [0.15, 0.2) is 0 Å². The lowest BCUT2D eigenvalue weighted by Gasteiger charge is -2.22. The van der Waals surface area contributed by atoms with Crippen LogP contribution >= 0.6 is 0 Å². The summed E-state index contributed by atoms with van der Waals surface area (Å²) in [5, 5.41) is 4.13. The van der Waals surface area contributed by atoms with E-state index >= 15 is 0 Å². The number of benzene rings is 1. The Bertz CT molecular complexity index is 499. The second kappa shape index (κ2) is 7.25. The zero-order chi connectivity index (χ0) is 15.2. The van der Waals surface area contributed by atoms with Crippen LogP contribution < -0.4 is 11.2 Å². The fourth-order valence-corrected chi connectivity index (χ4v) is 3.00. The first-order valence-corrected chi connectivity index (χ1v) is 7.81. The molecule has 2 amide bonds. The largest absolute Gasteiger partial charge is 0.350 e. The molecule has 4 nitrogen and oxygen atoms in total. The summed E-state index contributed by atoms with van der Waals surface area (Å²) in [5.41, 5.74) is 10.7. The number of nitrogens with two attached hydrogens (primary N) is 1. The Morgan fingerprint density at radius 2 is 1.81 bits per heavy atom. The number of rotatable bonds is 4. The maximum atomic E-state index is 10.8. The molecule has 3 N–H and O–H groups in total. The molecule has 1 saturated carbocycles. The molecule has 0 unspecified atom stereocenters. The highest BCUT2D eigenvalue weighted by Crippen LogP contribution is 2.32. The highest BCUT2D eigenvalue weighted by molar-refractivity contribution is 6.02. The average molecular weight is 287 g/mol. The van der Waals surface area contributed by atoms with Gasteiger partial charge in [0.25, 0.3) is 0 Å². The highest BCUT2D eigenvalue weighted by Gasteiger charge is 2.16. The molecule has 0 aliphatic heterocycles. The van der Waals surface area contributed by atoms with E-state index in [0.29, 0.717) is 5.92 Å². The van der Waals surface area contributed by atoms with Gasteiger partial charge in [0.1, 0.15) is 0 Å². The van der Waals surface area contributed by atoms with Crippen molar-refractivity contribution in [2.75, 3.05) is 0 Å². The number of nitrogens with zero attached hydrogens (tertiary/aromatic N) is 1. The predicted molar refractivity (Wildman–Crippen MR) is 86.4 cm³/mol. The number of nitrogens with one attached hydrogen (secondary N) is 1. The first kappa shape index (κ1) is 15.5. The topological polar surface area (TPSA) is 67.5 Å². The minimum absolute atomic E-state index is 0.220. The summed E-state index contributed by atoms with van der Waals surface area (Å²) in [5.74, 6) is 0.924. The van der Waals surface area contributed by atoms with Crippen LogP contribution in [0, 0.1) is 5.92 Å². The lowest BCUT2D eigenvalue weighted by molar-refractivity contribution is 0.249. The SMILES string of the molecule is CC(C)/C(=N\NC(N)=O)c1ccc(C2CCCCC2)cc1. The number of urea groups is 1. The maximum Gasteiger partial charge on any atom is 0.332 e. The van der Waals surface area contributed by atoms with E-state index in [0.717, 1.165) is 11.3 Å². The van der Waals surface area contributed by atoms with E-state index in [9.17, 15) is 4.79 Å². The Balaban J connectivity index is 2.15. The number of hydrazone groups is 1. The molecule has 1 aromatic carbocycles. The van der Waals surface area contributed by atoms with Gasteiger partial charge in [0.05, 0.1) is 5.71 Å². The third-order valence-electron chi connectivity index (χ3n) is 4.12. The summed E-state index contributed by atoms with van der Waals surface area (Å²) in [6, 6.07) is 7.98. The van der Waals surface area contributed by atoms with Crippen molar-refractivity contribution in [1.29, 1.82) is 0 Å². The maximum absolute atomic E-state index is 10.8. The van der Waals surface area contributed by atoms with Gasteiger partial charge in [-0.1, -0.05) is 57.4 Å². The molecule has 0 heterocycles.